The highest BCUT2D eigenvalue weighted by Crippen LogP contribution is 2.37. The van der Waals surface area contributed by atoms with Crippen molar-refractivity contribution in [3.8, 4) is 0 Å². The summed E-state index contributed by atoms with van der Waals surface area (Å²) in [6, 6.07) is 5.50. The molecule has 0 amide bonds. The molecule has 0 aliphatic rings. The second-order valence-corrected chi connectivity index (χ2v) is 14.3. The van der Waals surface area contributed by atoms with Crippen LogP contribution in [0.5, 0.6) is 0 Å². The predicted octanol–water partition coefficient (Wildman–Crippen LogP) is 2.02. The number of sulfonamides is 1. The molecule has 0 bridgehead atoms. The lowest BCUT2D eigenvalue weighted by molar-refractivity contribution is 0.0572. The van der Waals surface area contributed by atoms with E-state index in [1.54, 1.807) is 12.1 Å². The summed E-state index contributed by atoms with van der Waals surface area (Å²) in [5, 5.41) is 19.3. The van der Waals surface area contributed by atoms with Crippen molar-refractivity contribution in [2.24, 2.45) is 0 Å². The van der Waals surface area contributed by atoms with Crippen LogP contribution >= 0.6 is 0 Å². The van der Waals surface area contributed by atoms with Crippen molar-refractivity contribution in [2.75, 3.05) is 13.2 Å². The topological polar surface area (TPSA) is 95.9 Å². The third-order valence-corrected chi connectivity index (χ3v) is 10.7. The van der Waals surface area contributed by atoms with Crippen molar-refractivity contribution >= 4 is 18.3 Å². The first-order valence-corrected chi connectivity index (χ1v) is 12.7. The molecule has 1 aromatic rings. The SMILES string of the molecule is Cc1ccc(S(=O)(=O)N[C@H](CO)[C@H](CO)O[Si](C)(C)C(C)(C)C)cc1. The molecule has 0 aliphatic heterocycles. The van der Waals surface area contributed by atoms with Gasteiger partial charge in [-0.3, -0.25) is 0 Å². The lowest BCUT2D eigenvalue weighted by Crippen LogP contribution is -2.54. The van der Waals surface area contributed by atoms with Gasteiger partial charge in [-0.05, 0) is 37.2 Å². The lowest BCUT2D eigenvalue weighted by Gasteiger charge is -2.40. The van der Waals surface area contributed by atoms with Crippen molar-refractivity contribution in [1.29, 1.82) is 0 Å². The van der Waals surface area contributed by atoms with Gasteiger partial charge in [0.15, 0.2) is 8.32 Å². The highest BCUT2D eigenvalue weighted by Gasteiger charge is 2.41. The van der Waals surface area contributed by atoms with Crippen LogP contribution in [0.2, 0.25) is 18.1 Å². The first-order valence-electron chi connectivity index (χ1n) is 8.32. The highest BCUT2D eigenvalue weighted by molar-refractivity contribution is 7.89. The number of aryl methyl sites for hydroxylation is 1. The molecule has 8 heteroatoms. The average Bonchev–Trinajstić information content (AvgIpc) is 2.49. The minimum Gasteiger partial charge on any atom is -0.410 e. The molecule has 0 aliphatic carbocycles. The molecule has 3 N–H and O–H groups in total. The molecule has 25 heavy (non-hydrogen) atoms. The number of aliphatic hydroxyl groups excluding tert-OH is 2. The molecule has 0 fully saturated rings. The maximum atomic E-state index is 12.5. The molecule has 1 rings (SSSR count). The maximum Gasteiger partial charge on any atom is 0.240 e. The number of hydrogen-bond acceptors (Lipinski definition) is 5. The Morgan fingerprint density at radius 3 is 2.04 bits per heavy atom. The fourth-order valence-corrected chi connectivity index (χ4v) is 4.62. The Morgan fingerprint density at radius 1 is 1.12 bits per heavy atom. The van der Waals surface area contributed by atoms with Gasteiger partial charge in [-0.2, -0.15) is 0 Å². The number of nitrogens with one attached hydrogen (secondary N) is 1. The molecule has 144 valence electrons. The van der Waals surface area contributed by atoms with Crippen LogP contribution in [0.15, 0.2) is 29.2 Å². The molecule has 1 aromatic carbocycles. The highest BCUT2D eigenvalue weighted by atomic mass is 32.2. The Balaban J connectivity index is 3.01. The van der Waals surface area contributed by atoms with Crippen LogP contribution in [0.3, 0.4) is 0 Å². The minimum atomic E-state index is -3.82. The van der Waals surface area contributed by atoms with Crippen LogP contribution in [0.4, 0.5) is 0 Å². The van der Waals surface area contributed by atoms with E-state index in [2.05, 4.69) is 25.5 Å². The zero-order valence-electron chi connectivity index (χ0n) is 15.9. The number of rotatable bonds is 8. The van der Waals surface area contributed by atoms with E-state index in [0.29, 0.717) is 0 Å². The third-order valence-electron chi connectivity index (χ3n) is 4.72. The predicted molar refractivity (Wildman–Crippen MR) is 102 cm³/mol. The second-order valence-electron chi connectivity index (χ2n) is 7.82. The van der Waals surface area contributed by atoms with Crippen LogP contribution in [0, 0.1) is 6.92 Å². The van der Waals surface area contributed by atoms with Crippen LogP contribution in [0.25, 0.3) is 0 Å². The zero-order chi connectivity index (χ0) is 19.5. The summed E-state index contributed by atoms with van der Waals surface area (Å²) >= 11 is 0. The monoisotopic (exact) mass is 389 g/mol. The molecular weight excluding hydrogens is 358 g/mol. The van der Waals surface area contributed by atoms with Gasteiger partial charge in [0, 0.05) is 0 Å². The molecule has 0 heterocycles. The largest absolute Gasteiger partial charge is 0.410 e. The summed E-state index contributed by atoms with van der Waals surface area (Å²) in [5.41, 5.74) is 0.951. The lowest BCUT2D eigenvalue weighted by atomic mass is 10.2. The molecular formula is C17H31NO5SSi. The summed E-state index contributed by atoms with van der Waals surface area (Å²) in [6.45, 7) is 11.2. The quantitative estimate of drug-likeness (QED) is 0.591. The van der Waals surface area contributed by atoms with Gasteiger partial charge in [-0.25, -0.2) is 13.1 Å². The number of hydrogen-bond donors (Lipinski definition) is 3. The van der Waals surface area contributed by atoms with E-state index in [4.69, 9.17) is 4.43 Å². The van der Waals surface area contributed by atoms with Crippen LogP contribution in [0.1, 0.15) is 26.3 Å². The van der Waals surface area contributed by atoms with E-state index in [1.165, 1.54) is 12.1 Å². The summed E-state index contributed by atoms with van der Waals surface area (Å²) in [6.07, 6.45) is -0.814. The Morgan fingerprint density at radius 2 is 1.64 bits per heavy atom. The molecule has 0 radical (unpaired) electrons. The Kier molecular flexibility index (Phi) is 7.38. The smallest absolute Gasteiger partial charge is 0.240 e. The Labute approximate surface area is 152 Å². The molecule has 0 saturated heterocycles. The molecule has 0 aromatic heterocycles. The average molecular weight is 390 g/mol. The molecule has 0 spiro atoms. The van der Waals surface area contributed by atoms with E-state index in [1.807, 2.05) is 20.0 Å². The molecule has 2 atom stereocenters. The number of benzene rings is 1. The van der Waals surface area contributed by atoms with E-state index in [0.717, 1.165) is 5.56 Å². The fraction of sp³-hybridized carbons (Fsp3) is 0.647. The van der Waals surface area contributed by atoms with Crippen LogP contribution in [-0.4, -0.2) is 52.3 Å². The van der Waals surface area contributed by atoms with Gasteiger partial charge in [0.1, 0.15) is 0 Å². The molecule has 0 unspecified atom stereocenters. The summed E-state index contributed by atoms with van der Waals surface area (Å²) in [7, 11) is -6.06. The van der Waals surface area contributed by atoms with E-state index >= 15 is 0 Å². The van der Waals surface area contributed by atoms with Crippen molar-refractivity contribution in [2.45, 2.75) is 62.9 Å². The second kappa shape index (κ2) is 8.28. The number of aliphatic hydroxyl groups is 2. The van der Waals surface area contributed by atoms with Gasteiger partial charge in [-0.15, -0.1) is 0 Å². The van der Waals surface area contributed by atoms with E-state index in [9.17, 15) is 18.6 Å². The van der Waals surface area contributed by atoms with Crippen LogP contribution < -0.4 is 4.72 Å². The van der Waals surface area contributed by atoms with Gasteiger partial charge in [0.2, 0.25) is 10.0 Å². The summed E-state index contributed by atoms with van der Waals surface area (Å²) in [4.78, 5) is 0.112. The standard InChI is InChI=1S/C17H31NO5SSi/c1-13-7-9-14(10-8-13)24(21,22)18-15(11-19)16(12-20)23-25(5,6)17(2,3)4/h7-10,15-16,18-20H,11-12H2,1-6H3/t15-,16+/m1/s1. The first-order chi connectivity index (χ1) is 11.3. The van der Waals surface area contributed by atoms with E-state index < -0.39 is 37.1 Å². The summed E-state index contributed by atoms with van der Waals surface area (Å²) < 4.78 is 33.7. The van der Waals surface area contributed by atoms with Crippen LogP contribution in [-0.2, 0) is 14.4 Å². The van der Waals surface area contributed by atoms with Gasteiger partial charge in [0.05, 0.1) is 30.3 Å². The van der Waals surface area contributed by atoms with Gasteiger partial charge >= 0.3 is 0 Å². The van der Waals surface area contributed by atoms with Gasteiger partial charge < -0.3 is 14.6 Å². The van der Waals surface area contributed by atoms with Gasteiger partial charge in [0.25, 0.3) is 0 Å². The van der Waals surface area contributed by atoms with Crippen molar-refractivity contribution in [3.05, 3.63) is 29.8 Å². The first kappa shape index (κ1) is 22.3. The van der Waals surface area contributed by atoms with Crippen molar-refractivity contribution in [3.63, 3.8) is 0 Å². The zero-order valence-corrected chi connectivity index (χ0v) is 17.7. The third kappa shape index (κ3) is 5.87. The normalized spacial score (nSPS) is 15.8. The van der Waals surface area contributed by atoms with E-state index in [-0.39, 0.29) is 16.5 Å². The van der Waals surface area contributed by atoms with Gasteiger partial charge in [-0.1, -0.05) is 38.5 Å². The Hall–Kier alpha value is -0.773. The van der Waals surface area contributed by atoms with Crippen molar-refractivity contribution < 1.29 is 23.1 Å². The summed E-state index contributed by atoms with van der Waals surface area (Å²) in [5.74, 6) is 0. The fourth-order valence-electron chi connectivity index (χ4n) is 2.02. The maximum absolute atomic E-state index is 12.5. The Bertz CT molecular complexity index is 653. The molecule has 0 saturated carbocycles. The minimum absolute atomic E-state index is 0.101. The molecule has 6 nitrogen and oxygen atoms in total. The van der Waals surface area contributed by atoms with Crippen molar-refractivity contribution in [1.82, 2.24) is 4.72 Å².